The van der Waals surface area contributed by atoms with Crippen LogP contribution >= 0.6 is 0 Å². The largest absolute Gasteiger partial charge is 0.508 e. The molecule has 2 aromatic carbocycles. The molecular formula is C18H19NO3. The van der Waals surface area contributed by atoms with E-state index in [1.807, 2.05) is 38.1 Å². The van der Waals surface area contributed by atoms with Crippen molar-refractivity contribution in [2.24, 2.45) is 0 Å². The van der Waals surface area contributed by atoms with Crippen molar-refractivity contribution >= 4 is 5.78 Å². The van der Waals surface area contributed by atoms with E-state index >= 15 is 0 Å². The van der Waals surface area contributed by atoms with Gasteiger partial charge in [-0.15, -0.1) is 0 Å². The van der Waals surface area contributed by atoms with Gasteiger partial charge < -0.3 is 10.2 Å². The van der Waals surface area contributed by atoms with Gasteiger partial charge in [0.1, 0.15) is 11.5 Å². The predicted octanol–water partition coefficient (Wildman–Crippen LogP) is 3.25. The van der Waals surface area contributed by atoms with E-state index in [4.69, 9.17) is 0 Å². The molecule has 1 unspecified atom stereocenters. The molecule has 22 heavy (non-hydrogen) atoms. The van der Waals surface area contributed by atoms with Crippen LogP contribution in [0.15, 0.2) is 36.4 Å². The monoisotopic (exact) mass is 297 g/mol. The molecule has 4 nitrogen and oxygen atoms in total. The Morgan fingerprint density at radius 3 is 2.64 bits per heavy atom. The molecule has 0 bridgehead atoms. The Kier molecular flexibility index (Phi) is 3.62. The zero-order chi connectivity index (χ0) is 15.9. The second kappa shape index (κ2) is 5.46. The zero-order valence-corrected chi connectivity index (χ0v) is 12.6. The standard InChI is InChI=1S/C18H19NO3/c1-10(2)13-7-14(16(21)8-15(13)20)18(22)17-12-6-4-3-5-11(12)9-19-17/h3-8,10,17,19-21H,9H2,1-2H3. The Hall–Kier alpha value is -2.33. The van der Waals surface area contributed by atoms with E-state index < -0.39 is 6.04 Å². The van der Waals surface area contributed by atoms with Crippen LogP contribution in [0.1, 0.15) is 52.9 Å². The van der Waals surface area contributed by atoms with Crippen LogP contribution in [0.3, 0.4) is 0 Å². The van der Waals surface area contributed by atoms with Gasteiger partial charge in [-0.1, -0.05) is 38.1 Å². The minimum atomic E-state index is -0.452. The molecule has 0 aromatic heterocycles. The van der Waals surface area contributed by atoms with Crippen LogP contribution in [0, 0.1) is 0 Å². The molecule has 0 amide bonds. The third-order valence-electron chi connectivity index (χ3n) is 4.16. The first kappa shape index (κ1) is 14.6. The lowest BCUT2D eigenvalue weighted by molar-refractivity contribution is 0.0945. The van der Waals surface area contributed by atoms with Crippen LogP contribution in [0.25, 0.3) is 0 Å². The number of nitrogens with one attached hydrogen (secondary N) is 1. The molecule has 1 heterocycles. The summed E-state index contributed by atoms with van der Waals surface area (Å²) in [6.07, 6.45) is 0. The first-order valence-corrected chi connectivity index (χ1v) is 7.40. The van der Waals surface area contributed by atoms with Gasteiger partial charge >= 0.3 is 0 Å². The minimum absolute atomic E-state index is 0.0174. The van der Waals surface area contributed by atoms with Crippen LogP contribution in [0.4, 0.5) is 0 Å². The quantitative estimate of drug-likeness (QED) is 0.761. The highest BCUT2D eigenvalue weighted by Gasteiger charge is 2.30. The van der Waals surface area contributed by atoms with Gasteiger partial charge in [-0.3, -0.25) is 10.1 Å². The van der Waals surface area contributed by atoms with Crippen LogP contribution < -0.4 is 5.32 Å². The van der Waals surface area contributed by atoms with Gasteiger partial charge in [-0.05, 0) is 28.7 Å². The molecule has 3 rings (SSSR count). The maximum Gasteiger partial charge on any atom is 0.188 e. The molecule has 0 spiro atoms. The Morgan fingerprint density at radius 1 is 1.18 bits per heavy atom. The lowest BCUT2D eigenvalue weighted by atomic mass is 9.93. The lowest BCUT2D eigenvalue weighted by Gasteiger charge is -2.15. The van der Waals surface area contributed by atoms with Gasteiger partial charge in [0.2, 0.25) is 0 Å². The molecule has 114 valence electrons. The van der Waals surface area contributed by atoms with E-state index in [1.54, 1.807) is 6.07 Å². The molecule has 0 saturated carbocycles. The van der Waals surface area contributed by atoms with Crippen molar-refractivity contribution in [2.45, 2.75) is 32.4 Å². The fourth-order valence-corrected chi connectivity index (χ4v) is 2.94. The number of Topliss-reactive ketones (excluding diaryl/α,β-unsaturated/α-hetero) is 1. The maximum absolute atomic E-state index is 12.8. The first-order chi connectivity index (χ1) is 10.5. The van der Waals surface area contributed by atoms with Crippen molar-refractivity contribution in [2.75, 3.05) is 0 Å². The second-order valence-electron chi connectivity index (χ2n) is 5.96. The van der Waals surface area contributed by atoms with Gasteiger partial charge in [-0.2, -0.15) is 0 Å². The highest BCUT2D eigenvalue weighted by molar-refractivity contribution is 6.03. The average Bonchev–Trinajstić information content (AvgIpc) is 2.90. The summed E-state index contributed by atoms with van der Waals surface area (Å²) in [6.45, 7) is 4.51. The van der Waals surface area contributed by atoms with Crippen LogP contribution in [-0.2, 0) is 6.54 Å². The average molecular weight is 297 g/mol. The van der Waals surface area contributed by atoms with Gasteiger partial charge in [0, 0.05) is 12.6 Å². The van der Waals surface area contributed by atoms with Crippen molar-refractivity contribution in [3.05, 3.63) is 58.7 Å². The molecule has 3 N–H and O–H groups in total. The van der Waals surface area contributed by atoms with Gasteiger partial charge in [0.25, 0.3) is 0 Å². The topological polar surface area (TPSA) is 69.6 Å². The normalized spacial score (nSPS) is 16.8. The summed E-state index contributed by atoms with van der Waals surface area (Å²) in [7, 11) is 0. The molecule has 2 aromatic rings. The molecule has 0 fully saturated rings. The van der Waals surface area contributed by atoms with Crippen molar-refractivity contribution < 1.29 is 15.0 Å². The first-order valence-electron chi connectivity index (χ1n) is 7.40. The van der Waals surface area contributed by atoms with Crippen LogP contribution in [-0.4, -0.2) is 16.0 Å². The highest BCUT2D eigenvalue weighted by atomic mass is 16.3. The summed E-state index contributed by atoms with van der Waals surface area (Å²) in [5, 5.41) is 23.2. The number of phenols is 2. The molecule has 0 saturated heterocycles. The fourth-order valence-electron chi connectivity index (χ4n) is 2.94. The van der Waals surface area contributed by atoms with Crippen molar-refractivity contribution in [3.8, 4) is 11.5 Å². The molecule has 0 radical (unpaired) electrons. The molecule has 0 aliphatic carbocycles. The van der Waals surface area contributed by atoms with Crippen molar-refractivity contribution in [1.29, 1.82) is 0 Å². The number of ketones is 1. The van der Waals surface area contributed by atoms with Gasteiger partial charge in [0.15, 0.2) is 5.78 Å². The van der Waals surface area contributed by atoms with Crippen molar-refractivity contribution in [3.63, 3.8) is 0 Å². The van der Waals surface area contributed by atoms with E-state index in [0.717, 1.165) is 11.1 Å². The Bertz CT molecular complexity index is 737. The van der Waals surface area contributed by atoms with E-state index in [1.165, 1.54) is 6.07 Å². The Labute approximate surface area is 129 Å². The van der Waals surface area contributed by atoms with E-state index in [9.17, 15) is 15.0 Å². The van der Waals surface area contributed by atoms with Crippen LogP contribution in [0.5, 0.6) is 11.5 Å². The zero-order valence-electron chi connectivity index (χ0n) is 12.6. The number of benzene rings is 2. The Balaban J connectivity index is 2.02. The number of carbonyl (C=O) groups excluding carboxylic acids is 1. The third kappa shape index (κ3) is 2.35. The number of aromatic hydroxyl groups is 2. The fraction of sp³-hybridized carbons (Fsp3) is 0.278. The van der Waals surface area contributed by atoms with Gasteiger partial charge in [-0.25, -0.2) is 0 Å². The molecule has 4 heteroatoms. The second-order valence-corrected chi connectivity index (χ2v) is 5.96. The SMILES string of the molecule is CC(C)c1cc(C(=O)C2NCc3ccccc32)c(O)cc1O. The molecular weight excluding hydrogens is 278 g/mol. The van der Waals surface area contributed by atoms with E-state index in [-0.39, 0.29) is 28.8 Å². The summed E-state index contributed by atoms with van der Waals surface area (Å²) in [4.78, 5) is 12.8. The molecule has 1 aliphatic heterocycles. The van der Waals surface area contributed by atoms with Crippen LogP contribution in [0.2, 0.25) is 0 Å². The molecule has 1 aliphatic rings. The summed E-state index contributed by atoms with van der Waals surface area (Å²) in [5.41, 5.74) is 2.96. The highest BCUT2D eigenvalue weighted by Crippen LogP contribution is 2.36. The number of hydrogen-bond donors (Lipinski definition) is 3. The van der Waals surface area contributed by atoms with E-state index in [2.05, 4.69) is 5.32 Å². The van der Waals surface area contributed by atoms with Crippen molar-refractivity contribution in [1.82, 2.24) is 5.32 Å². The number of phenolic OH excluding ortho intramolecular Hbond substituents is 2. The number of carbonyl (C=O) groups is 1. The summed E-state index contributed by atoms with van der Waals surface area (Å²) < 4.78 is 0. The summed E-state index contributed by atoms with van der Waals surface area (Å²) in [5.74, 6) is -0.276. The van der Waals surface area contributed by atoms with E-state index in [0.29, 0.717) is 12.1 Å². The Morgan fingerprint density at radius 2 is 1.91 bits per heavy atom. The number of fused-ring (bicyclic) bond motifs is 1. The summed E-state index contributed by atoms with van der Waals surface area (Å²) in [6, 6.07) is 10.2. The lowest BCUT2D eigenvalue weighted by Crippen LogP contribution is -2.22. The maximum atomic E-state index is 12.8. The third-order valence-corrected chi connectivity index (χ3v) is 4.16. The molecule has 1 atom stereocenters. The number of rotatable bonds is 3. The summed E-state index contributed by atoms with van der Waals surface area (Å²) >= 11 is 0. The smallest absolute Gasteiger partial charge is 0.188 e. The minimum Gasteiger partial charge on any atom is -0.508 e. The van der Waals surface area contributed by atoms with Gasteiger partial charge in [0.05, 0.1) is 11.6 Å². The predicted molar refractivity (Wildman–Crippen MR) is 84.2 cm³/mol. The number of hydrogen-bond acceptors (Lipinski definition) is 4.